The summed E-state index contributed by atoms with van der Waals surface area (Å²) in [6, 6.07) is 0. The maximum Gasteiger partial charge on any atom is 0.472 e. The molecule has 0 amide bonds. The van der Waals surface area contributed by atoms with Crippen molar-refractivity contribution in [3.05, 3.63) is 146 Å². The lowest BCUT2D eigenvalue weighted by Gasteiger charge is -2.21. The van der Waals surface area contributed by atoms with Gasteiger partial charge in [-0.1, -0.05) is 314 Å². The number of ether oxygens (including phenoxy) is 3. The summed E-state index contributed by atoms with van der Waals surface area (Å²) in [7, 11) is -9.80. The molecule has 0 aromatic carbocycles. The molecule has 4 N–H and O–H groups in total. The van der Waals surface area contributed by atoms with E-state index in [9.17, 15) is 43.5 Å². The van der Waals surface area contributed by atoms with E-state index in [1.54, 1.807) is 0 Å². The molecule has 602 valence electrons. The van der Waals surface area contributed by atoms with E-state index in [1.807, 2.05) is 0 Å². The predicted octanol–water partition coefficient (Wildman–Crippen LogP) is 24.4. The maximum absolute atomic E-state index is 13.0. The van der Waals surface area contributed by atoms with Crippen LogP contribution in [-0.2, 0) is 55.8 Å². The number of phosphoric ester groups is 2. The van der Waals surface area contributed by atoms with Crippen LogP contribution >= 0.6 is 15.6 Å². The van der Waals surface area contributed by atoms with Crippen molar-refractivity contribution in [1.29, 1.82) is 0 Å². The van der Waals surface area contributed by atoms with Gasteiger partial charge < -0.3 is 34.2 Å². The fourth-order valence-electron chi connectivity index (χ4n) is 10.8. The van der Waals surface area contributed by atoms with E-state index < -0.39 is 91.5 Å². The maximum atomic E-state index is 13.0. The van der Waals surface area contributed by atoms with Crippen LogP contribution in [0.2, 0.25) is 0 Å². The molecule has 5 unspecified atom stereocenters. The van der Waals surface area contributed by atoms with Crippen molar-refractivity contribution >= 4 is 33.6 Å². The zero-order chi connectivity index (χ0) is 76.6. The van der Waals surface area contributed by atoms with Crippen molar-refractivity contribution in [1.82, 2.24) is 0 Å². The monoisotopic (exact) mass is 1510 g/mol. The standard InChI is InChI=1S/C87H148O16P2/c1-4-7-10-13-16-19-22-25-28-30-32-34-36-38-39-40-41-43-45-46-48-50-53-55-58-61-64-67-70-73-85(90)97-76-82(88)77-99-104(93,94)100-78-83(89)79-101-105(95,96)102-81-84(103-87(92)75-72-69-66-63-60-57-52-27-24-21-18-15-12-9-6-3)80-98-86(91)74-71-68-65-62-59-56-54-51-49-47-44-42-37-35-33-31-29-26-23-20-17-14-11-8-5-2/h7,9-10,12,16-21,25-29,32-35,38-39,42,44,52,82-84,88-89H,4-6,8,11,13-15,22-24,30-31,36-37,40-41,43,45-51,53-81H2,1-3H3,(H,93,94)(H,95,96)/b10-7-,12-9-,19-16-,20-17-,21-18-,28-25-,29-26-,34-32-,35-33-,39-38-,44-42-,52-27-. The highest BCUT2D eigenvalue weighted by atomic mass is 31.2. The number of unbranched alkanes of at least 4 members (excludes halogenated alkanes) is 30. The SMILES string of the molecule is CC/C=C\C/C=C\C/C=C\C/C=C\C/C=C\CCCCCCCCCCCCCCCC(=O)OCC(O)COP(=O)(O)OCC(O)COP(=O)(O)OCC(COC(=O)CCCCCCCCCCC/C=C\C/C=C\C/C=C\C/C=C\CCCCC)OC(=O)CCCCCCC/C=C\C/C=C\C/C=C\CC. The summed E-state index contributed by atoms with van der Waals surface area (Å²) in [5, 5.41) is 20.7. The van der Waals surface area contributed by atoms with Crippen molar-refractivity contribution in [2.24, 2.45) is 0 Å². The lowest BCUT2D eigenvalue weighted by Crippen LogP contribution is -2.30. The Labute approximate surface area is 638 Å². The molecule has 0 spiro atoms. The van der Waals surface area contributed by atoms with Crippen molar-refractivity contribution in [2.45, 2.75) is 347 Å². The molecule has 0 saturated carbocycles. The zero-order valence-corrected chi connectivity index (χ0v) is 67.6. The van der Waals surface area contributed by atoms with E-state index in [0.29, 0.717) is 19.3 Å². The molecule has 16 nitrogen and oxygen atoms in total. The topological polar surface area (TPSA) is 231 Å². The van der Waals surface area contributed by atoms with Gasteiger partial charge in [0.05, 0.1) is 26.4 Å². The average Bonchev–Trinajstić information content (AvgIpc) is 0.913. The third kappa shape index (κ3) is 80.3. The number of rotatable bonds is 77. The van der Waals surface area contributed by atoms with Crippen molar-refractivity contribution < 1.29 is 75.8 Å². The van der Waals surface area contributed by atoms with Crippen LogP contribution in [0.25, 0.3) is 0 Å². The zero-order valence-electron chi connectivity index (χ0n) is 65.9. The van der Waals surface area contributed by atoms with Gasteiger partial charge in [0.25, 0.3) is 0 Å². The second-order valence-electron chi connectivity index (χ2n) is 27.2. The number of aliphatic hydroxyl groups is 2. The van der Waals surface area contributed by atoms with E-state index in [2.05, 4.69) is 167 Å². The van der Waals surface area contributed by atoms with Gasteiger partial charge in [-0.25, -0.2) is 9.13 Å². The van der Waals surface area contributed by atoms with Crippen LogP contribution in [0.5, 0.6) is 0 Å². The number of carbonyl (C=O) groups excluding carboxylic acids is 3. The van der Waals surface area contributed by atoms with Gasteiger partial charge in [0.2, 0.25) is 0 Å². The first-order valence-corrected chi connectivity index (χ1v) is 44.1. The Kier molecular flexibility index (Phi) is 75.6. The molecule has 0 aliphatic rings. The van der Waals surface area contributed by atoms with E-state index in [0.717, 1.165) is 161 Å². The molecule has 0 fully saturated rings. The highest BCUT2D eigenvalue weighted by Crippen LogP contribution is 2.45. The Morgan fingerprint density at radius 2 is 0.505 bits per heavy atom. The van der Waals surface area contributed by atoms with Crippen LogP contribution in [0.15, 0.2) is 146 Å². The second-order valence-corrected chi connectivity index (χ2v) is 30.1. The number of hydrogen-bond donors (Lipinski definition) is 4. The number of hydrogen-bond acceptors (Lipinski definition) is 14. The Morgan fingerprint density at radius 1 is 0.276 bits per heavy atom. The highest BCUT2D eigenvalue weighted by molar-refractivity contribution is 7.47. The lowest BCUT2D eigenvalue weighted by molar-refractivity contribution is -0.161. The Bertz CT molecular complexity index is 2490. The van der Waals surface area contributed by atoms with E-state index in [-0.39, 0.29) is 19.3 Å². The first-order valence-electron chi connectivity index (χ1n) is 41.1. The summed E-state index contributed by atoms with van der Waals surface area (Å²) in [5.74, 6) is -1.60. The molecule has 0 rings (SSSR count). The van der Waals surface area contributed by atoms with Gasteiger partial charge in [0.1, 0.15) is 25.4 Å². The van der Waals surface area contributed by atoms with Gasteiger partial charge in [-0.2, -0.15) is 0 Å². The van der Waals surface area contributed by atoms with Crippen LogP contribution in [0.4, 0.5) is 0 Å². The number of carbonyl (C=O) groups is 3. The smallest absolute Gasteiger partial charge is 0.463 e. The quantitative estimate of drug-likeness (QED) is 0.0146. The summed E-state index contributed by atoms with van der Waals surface area (Å²) in [5.41, 5.74) is 0. The van der Waals surface area contributed by atoms with E-state index >= 15 is 0 Å². The summed E-state index contributed by atoms with van der Waals surface area (Å²) < 4.78 is 61.2. The van der Waals surface area contributed by atoms with Crippen molar-refractivity contribution in [3.63, 3.8) is 0 Å². The third-order valence-corrected chi connectivity index (χ3v) is 18.9. The molecule has 0 aromatic rings. The van der Waals surface area contributed by atoms with Gasteiger partial charge in [-0.3, -0.25) is 32.5 Å². The fraction of sp³-hybridized carbons (Fsp3) is 0.690. The average molecular weight is 1510 g/mol. The minimum Gasteiger partial charge on any atom is -0.463 e. The van der Waals surface area contributed by atoms with Crippen LogP contribution < -0.4 is 0 Å². The molecule has 0 bridgehead atoms. The molecule has 0 radical (unpaired) electrons. The fourth-order valence-corrected chi connectivity index (χ4v) is 12.4. The first kappa shape index (κ1) is 100. The second kappa shape index (κ2) is 79.0. The third-order valence-electron chi connectivity index (χ3n) is 17.0. The Hall–Kier alpha value is -4.57. The Balaban J connectivity index is 4.54. The number of allylic oxidation sites excluding steroid dienone is 24. The number of esters is 3. The predicted molar refractivity (Wildman–Crippen MR) is 436 cm³/mol. The largest absolute Gasteiger partial charge is 0.472 e. The van der Waals surface area contributed by atoms with E-state index in [1.165, 1.54) is 109 Å². The number of phosphoric acid groups is 2. The van der Waals surface area contributed by atoms with Crippen LogP contribution in [0, 0.1) is 0 Å². The van der Waals surface area contributed by atoms with E-state index in [4.69, 9.17) is 32.3 Å². The van der Waals surface area contributed by atoms with Gasteiger partial charge in [0, 0.05) is 19.3 Å². The molecule has 0 saturated heterocycles. The van der Waals surface area contributed by atoms with Crippen molar-refractivity contribution in [2.75, 3.05) is 39.6 Å². The highest BCUT2D eigenvalue weighted by Gasteiger charge is 2.29. The molecule has 0 heterocycles. The molecule has 5 atom stereocenters. The minimum absolute atomic E-state index is 0.0807. The van der Waals surface area contributed by atoms with Crippen molar-refractivity contribution in [3.8, 4) is 0 Å². The molecule has 0 aliphatic heterocycles. The lowest BCUT2D eigenvalue weighted by atomic mass is 10.0. The van der Waals surface area contributed by atoms with Gasteiger partial charge in [-0.05, 0) is 141 Å². The molecule has 18 heteroatoms. The molecule has 0 aromatic heterocycles. The van der Waals surface area contributed by atoms with Gasteiger partial charge >= 0.3 is 33.6 Å². The minimum atomic E-state index is -4.94. The summed E-state index contributed by atoms with van der Waals surface area (Å²) >= 11 is 0. The molecule has 0 aliphatic carbocycles. The van der Waals surface area contributed by atoms with Gasteiger partial charge in [0.15, 0.2) is 6.10 Å². The normalized spacial score (nSPS) is 14.7. The van der Waals surface area contributed by atoms with Crippen LogP contribution in [0.3, 0.4) is 0 Å². The molecular formula is C87H148O16P2. The van der Waals surface area contributed by atoms with Crippen LogP contribution in [-0.4, -0.2) is 95.9 Å². The van der Waals surface area contributed by atoms with Crippen LogP contribution in [0.1, 0.15) is 329 Å². The van der Waals surface area contributed by atoms with Gasteiger partial charge in [-0.15, -0.1) is 0 Å². The summed E-state index contributed by atoms with van der Waals surface area (Å²) in [4.78, 5) is 58.7. The Morgan fingerprint density at radius 3 is 0.800 bits per heavy atom. The summed E-state index contributed by atoms with van der Waals surface area (Å²) in [6.07, 6.45) is 97.5. The summed E-state index contributed by atoms with van der Waals surface area (Å²) in [6.45, 7) is 2.42. The molecular weight excluding hydrogens is 1360 g/mol. The number of aliphatic hydroxyl groups excluding tert-OH is 2. The molecule has 105 heavy (non-hydrogen) atoms. The first-order chi connectivity index (χ1) is 51.2.